The summed E-state index contributed by atoms with van der Waals surface area (Å²) in [5.41, 5.74) is 0.880. The molecule has 0 bridgehead atoms. The Balaban J connectivity index is 1.50. The van der Waals surface area contributed by atoms with Crippen molar-refractivity contribution in [2.45, 2.75) is 42.4 Å². The van der Waals surface area contributed by atoms with Gasteiger partial charge in [-0.25, -0.2) is 22.2 Å². The molecule has 2 aliphatic rings. The van der Waals surface area contributed by atoms with E-state index in [1.54, 1.807) is 5.38 Å². The van der Waals surface area contributed by atoms with Crippen molar-refractivity contribution in [3.63, 3.8) is 0 Å². The second kappa shape index (κ2) is 9.84. The maximum absolute atomic E-state index is 15.2. The fourth-order valence-corrected chi connectivity index (χ4v) is 6.90. The Hall–Kier alpha value is -2.77. The molecule has 37 heavy (non-hydrogen) atoms. The first-order chi connectivity index (χ1) is 17.5. The Labute approximate surface area is 214 Å². The maximum Gasteiger partial charge on any atom is 0.391 e. The number of hydrogen-bond acceptors (Lipinski definition) is 6. The lowest BCUT2D eigenvalue weighted by atomic mass is 9.84. The van der Waals surface area contributed by atoms with Crippen LogP contribution in [-0.4, -0.2) is 37.6 Å². The molecule has 0 spiro atoms. The summed E-state index contributed by atoms with van der Waals surface area (Å²) in [6.07, 6.45) is -2.98. The standard InChI is InChI=1S/C24H22F5N3O3S2/c25-16-3-1-14(2-4-16)20-11-15(24(27,28)29)5-8-32(20)19-6-9-35-21-13-22(18(26)12-17(19)21)37(33,34)31-23-30-7-10-36-23/h1-4,7,10,12-13,15,19-20H,5-6,8-9,11H2,(H,30,31)/t15-,19?,20+/m1/s1. The molecule has 5 rings (SSSR count). The number of likely N-dealkylation sites (tertiary alicyclic amines) is 1. The van der Waals surface area contributed by atoms with E-state index in [0.717, 1.165) is 23.5 Å². The highest BCUT2D eigenvalue weighted by Gasteiger charge is 2.46. The Kier molecular flexibility index (Phi) is 6.88. The van der Waals surface area contributed by atoms with Gasteiger partial charge in [0.1, 0.15) is 22.3 Å². The SMILES string of the molecule is O=S(=O)(Nc1nccs1)c1cc2c(cc1F)C(N1CC[C@@H](C(F)(F)F)C[C@H]1c1ccc(F)cc1)CCO2. The summed E-state index contributed by atoms with van der Waals surface area (Å²) in [7, 11) is -4.30. The van der Waals surface area contributed by atoms with Gasteiger partial charge in [-0.1, -0.05) is 12.1 Å². The van der Waals surface area contributed by atoms with Crippen LogP contribution in [0.5, 0.6) is 5.75 Å². The molecule has 198 valence electrons. The first-order valence-electron chi connectivity index (χ1n) is 11.5. The van der Waals surface area contributed by atoms with Crippen molar-refractivity contribution >= 4 is 26.5 Å². The minimum atomic E-state index is -4.38. The van der Waals surface area contributed by atoms with Crippen LogP contribution in [0.2, 0.25) is 0 Å². The highest BCUT2D eigenvalue weighted by molar-refractivity contribution is 7.93. The number of halogens is 5. The van der Waals surface area contributed by atoms with Gasteiger partial charge in [0.25, 0.3) is 10.0 Å². The molecular weight excluding hydrogens is 537 g/mol. The summed E-state index contributed by atoms with van der Waals surface area (Å²) < 4.78 is 103. The van der Waals surface area contributed by atoms with Crippen molar-refractivity contribution in [3.05, 3.63) is 70.7 Å². The zero-order valence-corrected chi connectivity index (χ0v) is 20.8. The molecule has 3 heterocycles. The molecule has 0 aliphatic carbocycles. The third kappa shape index (κ3) is 5.30. The second-order valence-electron chi connectivity index (χ2n) is 8.98. The molecule has 1 aromatic heterocycles. The van der Waals surface area contributed by atoms with Crippen LogP contribution >= 0.6 is 11.3 Å². The van der Waals surface area contributed by atoms with Gasteiger partial charge in [-0.15, -0.1) is 11.3 Å². The van der Waals surface area contributed by atoms with E-state index in [9.17, 15) is 26.0 Å². The normalized spacial score (nSPS) is 22.8. The number of alkyl halides is 3. The Morgan fingerprint density at radius 3 is 2.51 bits per heavy atom. The maximum atomic E-state index is 15.2. The quantitative estimate of drug-likeness (QED) is 0.385. The number of fused-ring (bicyclic) bond motifs is 1. The molecule has 1 N–H and O–H groups in total. The zero-order valence-electron chi connectivity index (χ0n) is 19.2. The predicted octanol–water partition coefficient (Wildman–Crippen LogP) is 6.06. The van der Waals surface area contributed by atoms with Crippen molar-refractivity contribution in [2.75, 3.05) is 17.9 Å². The number of piperidine rings is 1. The van der Waals surface area contributed by atoms with E-state index in [2.05, 4.69) is 9.71 Å². The summed E-state index contributed by atoms with van der Waals surface area (Å²) in [5, 5.41) is 1.64. The van der Waals surface area contributed by atoms with E-state index < -0.39 is 50.7 Å². The number of nitrogens with one attached hydrogen (secondary N) is 1. The van der Waals surface area contributed by atoms with Crippen LogP contribution in [0.4, 0.5) is 27.1 Å². The lowest BCUT2D eigenvalue weighted by Gasteiger charge is -2.46. The van der Waals surface area contributed by atoms with E-state index in [0.29, 0.717) is 17.5 Å². The number of ether oxygens (including phenoxy) is 1. The monoisotopic (exact) mass is 559 g/mol. The van der Waals surface area contributed by atoms with E-state index >= 15 is 4.39 Å². The number of hydrogen-bond donors (Lipinski definition) is 1. The zero-order chi connectivity index (χ0) is 26.4. The van der Waals surface area contributed by atoms with Gasteiger partial charge in [-0.2, -0.15) is 13.2 Å². The first-order valence-corrected chi connectivity index (χ1v) is 13.9. The van der Waals surface area contributed by atoms with Crippen LogP contribution in [0.1, 0.15) is 42.5 Å². The molecule has 0 amide bonds. The molecule has 6 nitrogen and oxygen atoms in total. The third-order valence-electron chi connectivity index (χ3n) is 6.78. The minimum Gasteiger partial charge on any atom is -0.493 e. The molecule has 1 unspecified atom stereocenters. The van der Waals surface area contributed by atoms with E-state index in [-0.39, 0.29) is 36.9 Å². The summed E-state index contributed by atoms with van der Waals surface area (Å²) in [5.74, 6) is -2.90. The Bertz CT molecular complexity index is 1370. The summed E-state index contributed by atoms with van der Waals surface area (Å²) >= 11 is 1.03. The van der Waals surface area contributed by atoms with Crippen LogP contribution in [0, 0.1) is 17.6 Å². The van der Waals surface area contributed by atoms with Crippen LogP contribution in [0.25, 0.3) is 0 Å². The van der Waals surface area contributed by atoms with Gasteiger partial charge in [-0.05, 0) is 43.1 Å². The van der Waals surface area contributed by atoms with E-state index in [1.165, 1.54) is 30.5 Å². The number of nitrogens with zero attached hydrogens (tertiary/aromatic N) is 2. The van der Waals surface area contributed by atoms with Gasteiger partial charge >= 0.3 is 6.18 Å². The average Bonchev–Trinajstić information content (AvgIpc) is 3.35. The first kappa shape index (κ1) is 25.9. The lowest BCUT2D eigenvalue weighted by Crippen LogP contribution is -2.44. The molecule has 0 radical (unpaired) electrons. The smallest absolute Gasteiger partial charge is 0.391 e. The second-order valence-corrected chi connectivity index (χ2v) is 11.5. The average molecular weight is 560 g/mol. The summed E-state index contributed by atoms with van der Waals surface area (Å²) in [6.45, 7) is 0.238. The number of sulfonamides is 1. The molecule has 0 saturated carbocycles. The molecule has 13 heteroatoms. The molecule has 3 atom stereocenters. The fraction of sp³-hybridized carbons (Fsp3) is 0.375. The fourth-order valence-electron chi connectivity index (χ4n) is 5.03. The van der Waals surface area contributed by atoms with Gasteiger partial charge in [0, 0.05) is 41.7 Å². The van der Waals surface area contributed by atoms with Crippen LogP contribution in [-0.2, 0) is 10.0 Å². The molecule has 2 aliphatic heterocycles. The van der Waals surface area contributed by atoms with Crippen LogP contribution in [0.3, 0.4) is 0 Å². The summed E-state index contributed by atoms with van der Waals surface area (Å²) in [4.78, 5) is 5.09. The number of rotatable bonds is 5. The van der Waals surface area contributed by atoms with Gasteiger partial charge in [0.15, 0.2) is 5.13 Å². The largest absolute Gasteiger partial charge is 0.493 e. The van der Waals surface area contributed by atoms with Crippen molar-refractivity contribution in [3.8, 4) is 5.75 Å². The Morgan fingerprint density at radius 2 is 1.84 bits per heavy atom. The molecular formula is C24H22F5N3O3S2. The van der Waals surface area contributed by atoms with Crippen molar-refractivity contribution in [1.82, 2.24) is 9.88 Å². The van der Waals surface area contributed by atoms with Gasteiger partial charge in [0.2, 0.25) is 0 Å². The number of aromatic nitrogens is 1. The molecule has 1 fully saturated rings. The molecule has 2 aromatic carbocycles. The minimum absolute atomic E-state index is 0.0730. The third-order valence-corrected chi connectivity index (χ3v) is 8.95. The highest BCUT2D eigenvalue weighted by atomic mass is 32.2. The van der Waals surface area contributed by atoms with Crippen LogP contribution in [0.15, 0.2) is 52.9 Å². The number of anilines is 1. The highest BCUT2D eigenvalue weighted by Crippen LogP contribution is 2.48. The van der Waals surface area contributed by atoms with E-state index in [1.807, 2.05) is 4.90 Å². The topological polar surface area (TPSA) is 71.5 Å². The lowest BCUT2D eigenvalue weighted by molar-refractivity contribution is -0.192. The number of benzene rings is 2. The van der Waals surface area contributed by atoms with E-state index in [4.69, 9.17) is 4.74 Å². The molecule has 3 aromatic rings. The van der Waals surface area contributed by atoms with Gasteiger partial charge in [0.05, 0.1) is 12.5 Å². The predicted molar refractivity (Wildman–Crippen MR) is 127 cm³/mol. The van der Waals surface area contributed by atoms with Gasteiger partial charge < -0.3 is 4.74 Å². The molecule has 1 saturated heterocycles. The summed E-state index contributed by atoms with van der Waals surface area (Å²) in [6, 6.07) is 6.29. The Morgan fingerprint density at radius 1 is 1.08 bits per heavy atom. The van der Waals surface area contributed by atoms with Crippen molar-refractivity contribution in [2.24, 2.45) is 5.92 Å². The van der Waals surface area contributed by atoms with Crippen molar-refractivity contribution in [1.29, 1.82) is 0 Å². The number of thiazole rings is 1. The van der Waals surface area contributed by atoms with Crippen molar-refractivity contribution < 1.29 is 35.1 Å². The van der Waals surface area contributed by atoms with Crippen LogP contribution < -0.4 is 9.46 Å². The van der Waals surface area contributed by atoms with Gasteiger partial charge in [-0.3, -0.25) is 9.62 Å².